The summed E-state index contributed by atoms with van der Waals surface area (Å²) < 4.78 is 104. The molecule has 1 amide bonds. The number of carbonyl (C=O) groups excluding carboxylic acids is 1. The number of ether oxygens (including phenoxy) is 2. The Labute approximate surface area is 190 Å². The molecule has 0 aliphatic carbocycles. The van der Waals surface area contributed by atoms with E-state index in [1.807, 2.05) is 0 Å². The molecule has 2 aromatic rings. The minimum absolute atomic E-state index is 0.0310. The molecule has 0 bridgehead atoms. The largest absolute Gasteiger partial charge is 0.416 e. The molecule has 1 heterocycles. The van der Waals surface area contributed by atoms with Crippen molar-refractivity contribution in [3.8, 4) is 0 Å². The molecule has 1 saturated heterocycles. The molecule has 0 saturated carbocycles. The molecule has 0 radical (unpaired) electrons. The van der Waals surface area contributed by atoms with Gasteiger partial charge in [0.2, 0.25) is 5.91 Å². The predicted molar refractivity (Wildman–Crippen MR) is 106 cm³/mol. The highest BCUT2D eigenvalue weighted by Gasteiger charge is 2.39. The van der Waals surface area contributed by atoms with Gasteiger partial charge in [-0.1, -0.05) is 12.1 Å². The number of halogens is 7. The van der Waals surface area contributed by atoms with E-state index >= 15 is 0 Å². The predicted octanol–water partition coefficient (Wildman–Crippen LogP) is 4.83. The van der Waals surface area contributed by atoms with Crippen molar-refractivity contribution in [2.45, 2.75) is 37.7 Å². The van der Waals surface area contributed by atoms with Crippen LogP contribution in [0, 0.1) is 5.82 Å². The van der Waals surface area contributed by atoms with E-state index in [4.69, 9.17) is 15.2 Å². The first-order valence-corrected chi connectivity index (χ1v) is 10.1. The minimum atomic E-state index is -5.01. The number of amides is 1. The van der Waals surface area contributed by atoms with Crippen LogP contribution >= 0.6 is 0 Å². The summed E-state index contributed by atoms with van der Waals surface area (Å²) in [7, 11) is 0. The van der Waals surface area contributed by atoms with E-state index in [-0.39, 0.29) is 31.3 Å². The number of alkyl halides is 6. The topological polar surface area (TPSA) is 64.8 Å². The average Bonchev–Trinajstić information content (AvgIpc) is 2.73. The maximum absolute atomic E-state index is 13.4. The lowest BCUT2D eigenvalue weighted by atomic mass is 10.0. The molecule has 5 nitrogen and oxygen atoms in total. The van der Waals surface area contributed by atoms with Gasteiger partial charge < -0.3 is 15.2 Å². The Kier molecular flexibility index (Phi) is 7.53. The smallest absolute Gasteiger partial charge is 0.369 e. The third-order valence-electron chi connectivity index (χ3n) is 5.30. The van der Waals surface area contributed by atoms with Gasteiger partial charge in [-0.2, -0.15) is 26.3 Å². The number of primary amides is 1. The highest BCUT2D eigenvalue weighted by Crippen LogP contribution is 2.39. The van der Waals surface area contributed by atoms with Gasteiger partial charge in [0.05, 0.1) is 36.4 Å². The fourth-order valence-electron chi connectivity index (χ4n) is 3.70. The Hall–Kier alpha value is -2.70. The zero-order valence-corrected chi connectivity index (χ0v) is 17.8. The molecule has 0 spiro atoms. The molecule has 12 heteroatoms. The minimum Gasteiger partial charge on any atom is -0.369 e. The molecule has 1 fully saturated rings. The van der Waals surface area contributed by atoms with Crippen molar-refractivity contribution < 1.29 is 45.0 Å². The normalized spacial score (nSPS) is 20.8. The first-order chi connectivity index (χ1) is 15.8. The third kappa shape index (κ3) is 6.24. The number of morpholine rings is 1. The van der Waals surface area contributed by atoms with Gasteiger partial charge in [0.25, 0.3) is 0 Å². The fraction of sp³-hybridized carbons (Fsp3) is 0.409. The highest BCUT2D eigenvalue weighted by atomic mass is 19.4. The van der Waals surface area contributed by atoms with Crippen LogP contribution in [0.3, 0.4) is 0 Å². The summed E-state index contributed by atoms with van der Waals surface area (Å²) in [6.07, 6.45) is -12.5. The molecule has 1 aliphatic heterocycles. The van der Waals surface area contributed by atoms with Crippen molar-refractivity contribution in [2.24, 2.45) is 5.73 Å². The Morgan fingerprint density at radius 2 is 1.65 bits per heavy atom. The van der Waals surface area contributed by atoms with Crippen LogP contribution in [-0.4, -0.2) is 36.8 Å². The molecule has 2 aromatic carbocycles. The van der Waals surface area contributed by atoms with Crippen molar-refractivity contribution in [2.75, 3.05) is 19.7 Å². The van der Waals surface area contributed by atoms with Crippen LogP contribution in [0.1, 0.15) is 41.3 Å². The second-order valence-electron chi connectivity index (χ2n) is 7.79. The van der Waals surface area contributed by atoms with E-state index in [1.165, 1.54) is 19.1 Å². The molecule has 34 heavy (non-hydrogen) atoms. The van der Waals surface area contributed by atoms with E-state index in [2.05, 4.69) is 0 Å². The number of nitrogens with two attached hydrogens (primary N) is 1. The summed E-state index contributed by atoms with van der Waals surface area (Å²) in [6, 6.07) is 5.52. The molecule has 3 rings (SSSR count). The van der Waals surface area contributed by atoms with Gasteiger partial charge in [-0.05, 0) is 48.4 Å². The van der Waals surface area contributed by atoms with Crippen LogP contribution in [-0.2, 0) is 26.6 Å². The Morgan fingerprint density at radius 1 is 1.09 bits per heavy atom. The van der Waals surface area contributed by atoms with Crippen molar-refractivity contribution in [1.82, 2.24) is 4.90 Å². The lowest BCUT2D eigenvalue weighted by Gasteiger charge is -2.41. The molecule has 0 unspecified atom stereocenters. The quantitative estimate of drug-likeness (QED) is 0.585. The number of carbonyl (C=O) groups is 1. The van der Waals surface area contributed by atoms with Gasteiger partial charge in [0.15, 0.2) is 6.29 Å². The van der Waals surface area contributed by atoms with Gasteiger partial charge >= 0.3 is 12.4 Å². The lowest BCUT2D eigenvalue weighted by molar-refractivity contribution is -0.229. The summed E-state index contributed by atoms with van der Waals surface area (Å²) in [5, 5.41) is 0. The average molecular weight is 494 g/mol. The SMILES string of the molecule is C[C@@H](O[C@H]1OCCN(CC(N)=O)[C@H]1c1ccc(F)cc1)c1cc(C(F)(F)F)cc(C(F)(F)F)c1. The van der Waals surface area contributed by atoms with Crippen LogP contribution in [0.25, 0.3) is 0 Å². The van der Waals surface area contributed by atoms with Crippen LogP contribution in [0.15, 0.2) is 42.5 Å². The van der Waals surface area contributed by atoms with Crippen LogP contribution in [0.2, 0.25) is 0 Å². The van der Waals surface area contributed by atoms with E-state index in [9.17, 15) is 35.5 Å². The second kappa shape index (κ2) is 9.88. The molecular formula is C22H21F7N2O3. The molecule has 0 aromatic heterocycles. The maximum atomic E-state index is 13.4. The van der Waals surface area contributed by atoms with E-state index in [1.54, 1.807) is 4.90 Å². The van der Waals surface area contributed by atoms with Crippen molar-refractivity contribution in [3.05, 3.63) is 70.5 Å². The van der Waals surface area contributed by atoms with Crippen molar-refractivity contribution in [1.29, 1.82) is 0 Å². The number of hydrogen-bond acceptors (Lipinski definition) is 4. The summed E-state index contributed by atoms with van der Waals surface area (Å²) in [4.78, 5) is 13.1. The van der Waals surface area contributed by atoms with Gasteiger partial charge in [-0.25, -0.2) is 4.39 Å². The van der Waals surface area contributed by atoms with Gasteiger partial charge in [-0.15, -0.1) is 0 Å². The van der Waals surface area contributed by atoms with Gasteiger partial charge in [0, 0.05) is 6.54 Å². The zero-order chi connectivity index (χ0) is 25.3. The molecule has 186 valence electrons. The highest BCUT2D eigenvalue weighted by molar-refractivity contribution is 5.76. The Morgan fingerprint density at radius 3 is 2.15 bits per heavy atom. The third-order valence-corrected chi connectivity index (χ3v) is 5.30. The number of hydrogen-bond donors (Lipinski definition) is 1. The Bertz CT molecular complexity index is 977. The Balaban J connectivity index is 1.95. The first kappa shape index (κ1) is 25.9. The van der Waals surface area contributed by atoms with E-state index in [0.717, 1.165) is 12.1 Å². The van der Waals surface area contributed by atoms with Gasteiger partial charge in [0.1, 0.15) is 5.82 Å². The summed E-state index contributed by atoms with van der Waals surface area (Å²) in [5.74, 6) is -1.20. The molecular weight excluding hydrogens is 473 g/mol. The van der Waals surface area contributed by atoms with E-state index < -0.39 is 53.6 Å². The molecule has 2 N–H and O–H groups in total. The first-order valence-electron chi connectivity index (χ1n) is 10.1. The summed E-state index contributed by atoms with van der Waals surface area (Å²) >= 11 is 0. The van der Waals surface area contributed by atoms with Crippen LogP contribution < -0.4 is 5.73 Å². The van der Waals surface area contributed by atoms with Crippen molar-refractivity contribution >= 4 is 5.91 Å². The van der Waals surface area contributed by atoms with Gasteiger partial charge in [-0.3, -0.25) is 9.69 Å². The molecule has 3 atom stereocenters. The van der Waals surface area contributed by atoms with Crippen LogP contribution in [0.4, 0.5) is 30.7 Å². The van der Waals surface area contributed by atoms with E-state index in [0.29, 0.717) is 17.7 Å². The lowest BCUT2D eigenvalue weighted by Crippen LogP contribution is -2.49. The maximum Gasteiger partial charge on any atom is 0.416 e. The number of benzene rings is 2. The standard InChI is InChI=1S/C22H21F7N2O3/c1-12(14-8-15(21(24,25)26)10-16(9-14)22(27,28)29)34-20-19(13-2-4-17(23)5-3-13)31(6-7-33-20)11-18(30)32/h2-5,8-10,12,19-20H,6-7,11H2,1H3,(H2,30,32)/t12-,19+,20-/m1/s1. The monoisotopic (exact) mass is 494 g/mol. The second-order valence-corrected chi connectivity index (χ2v) is 7.79. The molecule has 1 aliphatic rings. The fourth-order valence-corrected chi connectivity index (χ4v) is 3.70. The summed E-state index contributed by atoms with van der Waals surface area (Å²) in [5.41, 5.74) is 2.46. The van der Waals surface area contributed by atoms with Crippen LogP contribution in [0.5, 0.6) is 0 Å². The summed E-state index contributed by atoms with van der Waals surface area (Å²) in [6.45, 7) is 1.36. The van der Waals surface area contributed by atoms with Crippen molar-refractivity contribution in [3.63, 3.8) is 0 Å². The number of rotatable bonds is 6. The number of nitrogens with zero attached hydrogens (tertiary/aromatic N) is 1. The zero-order valence-electron chi connectivity index (χ0n) is 17.8.